The van der Waals surface area contributed by atoms with Gasteiger partial charge in [0.2, 0.25) is 5.91 Å². The first kappa shape index (κ1) is 15.8. The minimum absolute atomic E-state index is 0.104. The summed E-state index contributed by atoms with van der Waals surface area (Å²) in [5.74, 6) is 1.80. The molecule has 0 spiro atoms. The van der Waals surface area contributed by atoms with E-state index in [4.69, 9.17) is 0 Å². The molecule has 0 aromatic heterocycles. The summed E-state index contributed by atoms with van der Waals surface area (Å²) in [6.45, 7) is 3.76. The quantitative estimate of drug-likeness (QED) is 0.889. The predicted molar refractivity (Wildman–Crippen MR) is 95.6 cm³/mol. The molecule has 6 rings (SSSR count). The zero-order valence-electron chi connectivity index (χ0n) is 14.9. The fourth-order valence-electron chi connectivity index (χ4n) is 6.30. The van der Waals surface area contributed by atoms with Crippen LogP contribution in [0, 0.1) is 17.8 Å². The van der Waals surface area contributed by atoms with Gasteiger partial charge in [0.1, 0.15) is 0 Å². The lowest BCUT2D eigenvalue weighted by Gasteiger charge is -2.58. The first-order valence-corrected chi connectivity index (χ1v) is 9.84. The van der Waals surface area contributed by atoms with E-state index in [1.807, 2.05) is 6.92 Å². The third-order valence-corrected chi connectivity index (χ3v) is 7.34. The zero-order valence-corrected chi connectivity index (χ0v) is 14.9. The van der Waals surface area contributed by atoms with Crippen molar-refractivity contribution in [1.82, 2.24) is 10.2 Å². The highest BCUT2D eigenvalue weighted by Gasteiger charge is 2.55. The van der Waals surface area contributed by atoms with Gasteiger partial charge in [0.15, 0.2) is 0 Å². The Kier molecular flexibility index (Phi) is 3.52. The monoisotopic (exact) mass is 340 g/mol. The molecule has 5 aliphatic rings. The summed E-state index contributed by atoms with van der Waals surface area (Å²) in [5.41, 5.74) is 2.26. The largest absolute Gasteiger partial charge is 0.390 e. The minimum atomic E-state index is -0.431. The van der Waals surface area contributed by atoms with Gasteiger partial charge in [0, 0.05) is 19.1 Å². The van der Waals surface area contributed by atoms with Crippen molar-refractivity contribution in [2.75, 3.05) is 0 Å². The molecular weight excluding hydrogens is 312 g/mol. The molecule has 1 heterocycles. The number of aliphatic hydroxyl groups is 1. The number of hydrogen-bond acceptors (Lipinski definition) is 3. The van der Waals surface area contributed by atoms with Crippen LogP contribution in [0.15, 0.2) is 24.3 Å². The zero-order chi connectivity index (χ0) is 17.2. The predicted octanol–water partition coefficient (Wildman–Crippen LogP) is 2.45. The summed E-state index contributed by atoms with van der Waals surface area (Å²) in [5, 5.41) is 14.1. The van der Waals surface area contributed by atoms with Crippen molar-refractivity contribution in [2.24, 2.45) is 17.8 Å². The lowest BCUT2D eigenvalue weighted by atomic mass is 9.52. The second kappa shape index (κ2) is 5.55. The SMILES string of the molecule is CC(C(=O)NC1C2CC3CC1CC(O)(C3)C2)N1Cc2ccccc2C1. The molecule has 4 bridgehead atoms. The lowest BCUT2D eigenvalue weighted by Crippen LogP contribution is -2.62. The maximum absolute atomic E-state index is 12.9. The van der Waals surface area contributed by atoms with E-state index in [0.717, 1.165) is 32.4 Å². The smallest absolute Gasteiger partial charge is 0.237 e. The molecule has 4 heteroatoms. The summed E-state index contributed by atoms with van der Waals surface area (Å²) in [7, 11) is 0. The van der Waals surface area contributed by atoms with Gasteiger partial charge in [-0.1, -0.05) is 24.3 Å². The standard InChI is InChI=1S/C21H28N2O2/c1-13(23-11-15-4-2-3-5-16(15)12-23)20(24)22-19-17-6-14-7-18(19)10-21(25,8-14)9-17/h2-5,13-14,17-19,25H,6-12H2,1H3,(H,22,24). The molecule has 3 atom stereocenters. The molecular formula is C21H28N2O2. The molecule has 4 nitrogen and oxygen atoms in total. The number of amides is 1. The maximum Gasteiger partial charge on any atom is 0.237 e. The number of nitrogens with zero attached hydrogens (tertiary/aromatic N) is 1. The highest BCUT2D eigenvalue weighted by atomic mass is 16.3. The average molecular weight is 340 g/mol. The number of benzene rings is 1. The Morgan fingerprint density at radius 2 is 1.76 bits per heavy atom. The Morgan fingerprint density at radius 3 is 2.32 bits per heavy atom. The van der Waals surface area contributed by atoms with Crippen molar-refractivity contribution in [3.05, 3.63) is 35.4 Å². The van der Waals surface area contributed by atoms with Gasteiger partial charge in [-0.2, -0.15) is 0 Å². The normalized spacial score (nSPS) is 40.1. The number of rotatable bonds is 3. The van der Waals surface area contributed by atoms with Crippen LogP contribution in [0.2, 0.25) is 0 Å². The fourth-order valence-corrected chi connectivity index (χ4v) is 6.30. The Balaban J connectivity index is 1.25. The molecule has 0 saturated heterocycles. The van der Waals surface area contributed by atoms with E-state index in [9.17, 15) is 9.90 Å². The minimum Gasteiger partial charge on any atom is -0.390 e. The van der Waals surface area contributed by atoms with Crippen molar-refractivity contribution in [1.29, 1.82) is 0 Å². The Hall–Kier alpha value is -1.39. The molecule has 25 heavy (non-hydrogen) atoms. The molecule has 1 aliphatic heterocycles. The van der Waals surface area contributed by atoms with Crippen LogP contribution in [-0.2, 0) is 17.9 Å². The third kappa shape index (κ3) is 2.61. The van der Waals surface area contributed by atoms with Crippen molar-refractivity contribution in [3.8, 4) is 0 Å². The van der Waals surface area contributed by atoms with Gasteiger partial charge in [0.25, 0.3) is 0 Å². The molecule has 134 valence electrons. The molecule has 4 aliphatic carbocycles. The van der Waals surface area contributed by atoms with Crippen molar-refractivity contribution >= 4 is 5.91 Å². The first-order valence-electron chi connectivity index (χ1n) is 9.84. The van der Waals surface area contributed by atoms with E-state index in [1.165, 1.54) is 24.0 Å². The summed E-state index contributed by atoms with van der Waals surface area (Å²) >= 11 is 0. The van der Waals surface area contributed by atoms with Gasteiger partial charge in [-0.05, 0) is 67.9 Å². The highest BCUT2D eigenvalue weighted by molar-refractivity contribution is 5.81. The van der Waals surface area contributed by atoms with Gasteiger partial charge in [-0.3, -0.25) is 9.69 Å². The molecule has 3 unspecified atom stereocenters. The Morgan fingerprint density at radius 1 is 1.16 bits per heavy atom. The van der Waals surface area contributed by atoms with E-state index in [-0.39, 0.29) is 18.0 Å². The molecule has 0 radical (unpaired) electrons. The van der Waals surface area contributed by atoms with E-state index >= 15 is 0 Å². The van der Waals surface area contributed by atoms with Crippen molar-refractivity contribution < 1.29 is 9.90 Å². The van der Waals surface area contributed by atoms with Crippen LogP contribution in [0.1, 0.15) is 50.2 Å². The molecule has 4 saturated carbocycles. The molecule has 1 aromatic carbocycles. The topological polar surface area (TPSA) is 52.6 Å². The van der Waals surface area contributed by atoms with E-state index in [2.05, 4.69) is 34.5 Å². The van der Waals surface area contributed by atoms with Crippen LogP contribution in [0.4, 0.5) is 0 Å². The third-order valence-electron chi connectivity index (χ3n) is 7.34. The van der Waals surface area contributed by atoms with Gasteiger partial charge >= 0.3 is 0 Å². The summed E-state index contributed by atoms with van der Waals surface area (Å²) in [6.07, 6.45) is 5.13. The number of carbonyl (C=O) groups is 1. The number of nitrogens with one attached hydrogen (secondary N) is 1. The van der Waals surface area contributed by atoms with Gasteiger partial charge in [0.05, 0.1) is 11.6 Å². The molecule has 4 fully saturated rings. The Labute approximate surface area is 149 Å². The van der Waals surface area contributed by atoms with Crippen LogP contribution in [-0.4, -0.2) is 33.6 Å². The number of carbonyl (C=O) groups excluding carboxylic acids is 1. The fraction of sp³-hybridized carbons (Fsp3) is 0.667. The van der Waals surface area contributed by atoms with E-state index in [0.29, 0.717) is 17.8 Å². The second-order valence-electron chi connectivity index (χ2n) is 9.08. The maximum atomic E-state index is 12.9. The Bertz CT molecular complexity index is 662. The highest BCUT2D eigenvalue weighted by Crippen LogP contribution is 2.55. The van der Waals surface area contributed by atoms with Gasteiger partial charge < -0.3 is 10.4 Å². The molecule has 2 N–H and O–H groups in total. The van der Waals surface area contributed by atoms with E-state index < -0.39 is 5.60 Å². The summed E-state index contributed by atoms with van der Waals surface area (Å²) < 4.78 is 0. The van der Waals surface area contributed by atoms with Gasteiger partial charge in [-0.15, -0.1) is 0 Å². The first-order chi connectivity index (χ1) is 12.0. The number of fused-ring (bicyclic) bond motifs is 1. The van der Waals surface area contributed by atoms with Crippen LogP contribution >= 0.6 is 0 Å². The van der Waals surface area contributed by atoms with Gasteiger partial charge in [-0.25, -0.2) is 0 Å². The molecule has 1 amide bonds. The van der Waals surface area contributed by atoms with E-state index in [1.54, 1.807) is 0 Å². The second-order valence-corrected chi connectivity index (χ2v) is 9.08. The van der Waals surface area contributed by atoms with Crippen molar-refractivity contribution in [3.63, 3.8) is 0 Å². The van der Waals surface area contributed by atoms with Crippen LogP contribution < -0.4 is 5.32 Å². The average Bonchev–Trinajstić information content (AvgIpc) is 2.99. The van der Waals surface area contributed by atoms with Crippen LogP contribution in [0.5, 0.6) is 0 Å². The molecule has 1 aromatic rings. The lowest BCUT2D eigenvalue weighted by molar-refractivity contribution is -0.148. The summed E-state index contributed by atoms with van der Waals surface area (Å²) in [6, 6.07) is 8.65. The van der Waals surface area contributed by atoms with Crippen LogP contribution in [0.3, 0.4) is 0 Å². The number of hydrogen-bond donors (Lipinski definition) is 2. The van der Waals surface area contributed by atoms with Crippen molar-refractivity contribution in [2.45, 2.75) is 69.8 Å². The summed E-state index contributed by atoms with van der Waals surface area (Å²) in [4.78, 5) is 15.2. The van der Waals surface area contributed by atoms with Crippen LogP contribution in [0.25, 0.3) is 0 Å².